The highest BCUT2D eigenvalue weighted by molar-refractivity contribution is 5.85. The highest BCUT2D eigenvalue weighted by atomic mass is 35.5. The van der Waals surface area contributed by atoms with Crippen molar-refractivity contribution < 1.29 is 13.5 Å². The first-order valence-corrected chi connectivity index (χ1v) is 4.17. The Balaban J connectivity index is 0.00000196. The molecule has 6 heteroatoms. The number of methoxy groups -OCH3 is 1. The highest BCUT2D eigenvalue weighted by Gasteiger charge is 2.12. The maximum absolute atomic E-state index is 12.0. The SMILES string of the molecule is COc1ccc([C@@H](N)CC(F)F)cn1.Cl. The predicted octanol–water partition coefficient (Wildman–Crippen LogP) is 2.17. The van der Waals surface area contributed by atoms with E-state index in [4.69, 9.17) is 10.5 Å². The van der Waals surface area contributed by atoms with Crippen molar-refractivity contribution in [1.29, 1.82) is 0 Å². The Morgan fingerprint density at radius 2 is 2.13 bits per heavy atom. The summed E-state index contributed by atoms with van der Waals surface area (Å²) in [7, 11) is 1.49. The van der Waals surface area contributed by atoms with E-state index in [2.05, 4.69) is 4.98 Å². The van der Waals surface area contributed by atoms with Crippen molar-refractivity contribution in [3.8, 4) is 5.88 Å². The summed E-state index contributed by atoms with van der Waals surface area (Å²) in [5.74, 6) is 0.443. The van der Waals surface area contributed by atoms with Crippen LogP contribution in [0.15, 0.2) is 18.3 Å². The summed E-state index contributed by atoms with van der Waals surface area (Å²) in [6.07, 6.45) is -1.30. The van der Waals surface area contributed by atoms with Crippen molar-refractivity contribution in [2.24, 2.45) is 5.73 Å². The Bertz CT molecular complexity index is 282. The van der Waals surface area contributed by atoms with Gasteiger partial charge in [-0.15, -0.1) is 12.4 Å². The van der Waals surface area contributed by atoms with Gasteiger partial charge in [0, 0.05) is 24.7 Å². The van der Waals surface area contributed by atoms with Crippen LogP contribution in [0.5, 0.6) is 5.88 Å². The van der Waals surface area contributed by atoms with E-state index in [1.807, 2.05) is 0 Å². The number of hydrogen-bond acceptors (Lipinski definition) is 3. The van der Waals surface area contributed by atoms with Gasteiger partial charge in [-0.1, -0.05) is 6.07 Å². The molecule has 1 atom stereocenters. The van der Waals surface area contributed by atoms with Crippen LogP contribution in [0.3, 0.4) is 0 Å². The second-order valence-electron chi connectivity index (χ2n) is 2.87. The zero-order chi connectivity index (χ0) is 10.6. The summed E-state index contributed by atoms with van der Waals surface area (Å²) >= 11 is 0. The van der Waals surface area contributed by atoms with Crippen molar-refractivity contribution in [2.45, 2.75) is 18.9 Å². The van der Waals surface area contributed by atoms with E-state index in [0.29, 0.717) is 11.4 Å². The van der Waals surface area contributed by atoms with E-state index in [0.717, 1.165) is 0 Å². The van der Waals surface area contributed by atoms with E-state index in [1.54, 1.807) is 12.1 Å². The van der Waals surface area contributed by atoms with Crippen LogP contribution in [0.1, 0.15) is 18.0 Å². The van der Waals surface area contributed by atoms with Crippen LogP contribution in [0, 0.1) is 0 Å². The molecule has 0 amide bonds. The van der Waals surface area contributed by atoms with E-state index in [9.17, 15) is 8.78 Å². The van der Waals surface area contributed by atoms with Crippen LogP contribution in [0.4, 0.5) is 8.78 Å². The molecule has 0 radical (unpaired) electrons. The molecule has 86 valence electrons. The van der Waals surface area contributed by atoms with Crippen molar-refractivity contribution >= 4 is 12.4 Å². The van der Waals surface area contributed by atoms with E-state index in [-0.39, 0.29) is 18.8 Å². The van der Waals surface area contributed by atoms with Gasteiger partial charge in [0.05, 0.1) is 7.11 Å². The number of halogens is 3. The Labute approximate surface area is 93.0 Å². The smallest absolute Gasteiger partial charge is 0.240 e. The second-order valence-corrected chi connectivity index (χ2v) is 2.87. The van der Waals surface area contributed by atoms with Crippen molar-refractivity contribution in [3.63, 3.8) is 0 Å². The van der Waals surface area contributed by atoms with Gasteiger partial charge in [0.2, 0.25) is 12.3 Å². The van der Waals surface area contributed by atoms with Crippen LogP contribution < -0.4 is 10.5 Å². The maximum Gasteiger partial charge on any atom is 0.240 e. The van der Waals surface area contributed by atoms with Crippen LogP contribution in [-0.2, 0) is 0 Å². The van der Waals surface area contributed by atoms with Crippen molar-refractivity contribution in [3.05, 3.63) is 23.9 Å². The number of rotatable bonds is 4. The first kappa shape index (κ1) is 14.1. The molecule has 2 N–H and O–H groups in total. The molecule has 0 bridgehead atoms. The number of alkyl halides is 2. The van der Waals surface area contributed by atoms with Gasteiger partial charge in [-0.25, -0.2) is 13.8 Å². The standard InChI is InChI=1S/C9H12F2N2O.ClH/c1-14-9-3-2-6(5-13-9)7(12)4-8(10)11;/h2-3,5,7-8H,4,12H2,1H3;1H/t7-;/m0./s1. The van der Waals surface area contributed by atoms with Gasteiger partial charge in [0.1, 0.15) is 0 Å². The number of nitrogens with two attached hydrogens (primary N) is 1. The Kier molecular flexibility index (Phi) is 6.12. The molecule has 0 aliphatic carbocycles. The molecular weight excluding hydrogens is 226 g/mol. The molecule has 3 nitrogen and oxygen atoms in total. The monoisotopic (exact) mass is 238 g/mol. The minimum Gasteiger partial charge on any atom is -0.481 e. The third-order valence-corrected chi connectivity index (χ3v) is 1.83. The van der Waals surface area contributed by atoms with Crippen LogP contribution >= 0.6 is 12.4 Å². The van der Waals surface area contributed by atoms with Gasteiger partial charge in [-0.05, 0) is 5.56 Å². The van der Waals surface area contributed by atoms with E-state index >= 15 is 0 Å². The predicted molar refractivity (Wildman–Crippen MR) is 55.6 cm³/mol. The summed E-state index contributed by atoms with van der Waals surface area (Å²) in [4.78, 5) is 3.88. The average Bonchev–Trinajstić information content (AvgIpc) is 2.17. The topological polar surface area (TPSA) is 48.1 Å². The highest BCUT2D eigenvalue weighted by Crippen LogP contribution is 2.18. The molecule has 1 aromatic rings. The summed E-state index contributed by atoms with van der Waals surface area (Å²) in [6.45, 7) is 0. The molecule has 0 spiro atoms. The molecule has 1 heterocycles. The zero-order valence-electron chi connectivity index (χ0n) is 8.19. The number of hydrogen-bond donors (Lipinski definition) is 1. The third kappa shape index (κ3) is 4.40. The van der Waals surface area contributed by atoms with Crippen LogP contribution in [0.25, 0.3) is 0 Å². The van der Waals surface area contributed by atoms with Crippen molar-refractivity contribution in [2.75, 3.05) is 7.11 Å². The molecule has 0 aliphatic heterocycles. The third-order valence-electron chi connectivity index (χ3n) is 1.83. The number of pyridine rings is 1. The Hall–Kier alpha value is -0.940. The lowest BCUT2D eigenvalue weighted by molar-refractivity contribution is 0.128. The fraction of sp³-hybridized carbons (Fsp3) is 0.444. The van der Waals surface area contributed by atoms with Gasteiger partial charge >= 0.3 is 0 Å². The first-order valence-electron chi connectivity index (χ1n) is 4.17. The molecule has 0 saturated heterocycles. The van der Waals surface area contributed by atoms with E-state index < -0.39 is 12.5 Å². The maximum atomic E-state index is 12.0. The van der Waals surface area contributed by atoms with Gasteiger partial charge in [-0.2, -0.15) is 0 Å². The summed E-state index contributed by atoms with van der Waals surface area (Å²) in [6, 6.07) is 2.56. The van der Waals surface area contributed by atoms with Crippen molar-refractivity contribution in [1.82, 2.24) is 4.98 Å². The van der Waals surface area contributed by atoms with Gasteiger partial charge in [0.25, 0.3) is 0 Å². The summed E-state index contributed by atoms with van der Waals surface area (Å²) in [5, 5.41) is 0. The minimum atomic E-state index is -2.40. The Morgan fingerprint density at radius 3 is 2.53 bits per heavy atom. The van der Waals surface area contributed by atoms with Gasteiger partial charge < -0.3 is 10.5 Å². The fourth-order valence-electron chi connectivity index (χ4n) is 1.06. The van der Waals surface area contributed by atoms with Crippen LogP contribution in [0.2, 0.25) is 0 Å². The minimum absolute atomic E-state index is 0. The number of ether oxygens (including phenoxy) is 1. The lowest BCUT2D eigenvalue weighted by Crippen LogP contribution is -2.14. The molecule has 0 saturated carbocycles. The van der Waals surface area contributed by atoms with Crippen LogP contribution in [-0.4, -0.2) is 18.5 Å². The molecular formula is C9H13ClF2N2O. The molecule has 15 heavy (non-hydrogen) atoms. The molecule has 1 rings (SSSR count). The van der Waals surface area contributed by atoms with Gasteiger partial charge in [-0.3, -0.25) is 0 Å². The summed E-state index contributed by atoms with van der Waals surface area (Å²) in [5.41, 5.74) is 6.12. The molecule has 0 unspecified atom stereocenters. The molecule has 0 aliphatic rings. The number of nitrogens with zero attached hydrogens (tertiary/aromatic N) is 1. The largest absolute Gasteiger partial charge is 0.481 e. The molecule has 1 aromatic heterocycles. The normalized spacial score (nSPS) is 12.1. The van der Waals surface area contributed by atoms with Gasteiger partial charge in [0.15, 0.2) is 0 Å². The quantitative estimate of drug-likeness (QED) is 0.875. The molecule has 0 aromatic carbocycles. The lowest BCUT2D eigenvalue weighted by atomic mass is 10.1. The molecule has 0 fully saturated rings. The first-order chi connectivity index (χ1) is 6.63. The summed E-state index contributed by atoms with van der Waals surface area (Å²) < 4.78 is 28.8. The fourth-order valence-corrected chi connectivity index (χ4v) is 1.06. The average molecular weight is 239 g/mol. The second kappa shape index (κ2) is 6.53. The number of aromatic nitrogens is 1. The zero-order valence-corrected chi connectivity index (χ0v) is 9.01. The van der Waals surface area contributed by atoms with E-state index in [1.165, 1.54) is 13.3 Å². The lowest BCUT2D eigenvalue weighted by Gasteiger charge is -2.10. The Morgan fingerprint density at radius 1 is 1.47 bits per heavy atom.